The summed E-state index contributed by atoms with van der Waals surface area (Å²) >= 11 is 6.09. The van der Waals surface area contributed by atoms with Gasteiger partial charge in [0.05, 0.1) is 0 Å². The van der Waals surface area contributed by atoms with E-state index in [1.807, 2.05) is 34.1 Å². The monoisotopic (exact) mass is 495 g/mol. The molecule has 1 aliphatic heterocycles. The van der Waals surface area contributed by atoms with E-state index in [-0.39, 0.29) is 17.7 Å². The molecule has 1 heterocycles. The number of amides is 2. The smallest absolute Gasteiger partial charge is 0.230 e. The van der Waals surface area contributed by atoms with E-state index in [1.54, 1.807) is 0 Å². The highest BCUT2D eigenvalue weighted by molar-refractivity contribution is 6.30. The van der Waals surface area contributed by atoms with Crippen molar-refractivity contribution in [3.05, 3.63) is 64.7 Å². The van der Waals surface area contributed by atoms with Crippen LogP contribution in [-0.2, 0) is 22.7 Å². The van der Waals surface area contributed by atoms with Gasteiger partial charge in [0.1, 0.15) is 0 Å². The van der Waals surface area contributed by atoms with Crippen molar-refractivity contribution < 1.29 is 9.59 Å². The van der Waals surface area contributed by atoms with Gasteiger partial charge in [-0.3, -0.25) is 14.5 Å². The molecule has 2 aromatic rings. The second-order valence-electron chi connectivity index (χ2n) is 10.4. The lowest BCUT2D eigenvalue weighted by molar-refractivity contribution is -0.132. The van der Waals surface area contributed by atoms with Crippen molar-refractivity contribution >= 4 is 29.1 Å². The van der Waals surface area contributed by atoms with E-state index in [2.05, 4.69) is 43.0 Å². The van der Waals surface area contributed by atoms with Crippen LogP contribution in [0.1, 0.15) is 57.1 Å². The average Bonchev–Trinajstić information content (AvgIpc) is 3.67. The van der Waals surface area contributed by atoms with Crippen LogP contribution in [0.2, 0.25) is 5.02 Å². The molecule has 5 nitrogen and oxygen atoms in total. The molecule has 6 heteroatoms. The standard InChI is InChI=1S/C29H38ClN3O2/c1-22(2)19-28(34)32-17-5-15-31(20-23-9-13-26(30)14-10-23)16-6-18-33(29(35)24-11-12-24)27-8-4-3-7-25(27)21-32/h3-4,7-10,13-14,22,24H,5-6,11-12,15-21H2,1-2H3. The molecule has 1 fully saturated rings. The van der Waals surface area contributed by atoms with Gasteiger partial charge in [0, 0.05) is 62.3 Å². The lowest BCUT2D eigenvalue weighted by atomic mass is 10.1. The Morgan fingerprint density at radius 3 is 2.31 bits per heavy atom. The van der Waals surface area contributed by atoms with Gasteiger partial charge < -0.3 is 9.80 Å². The molecule has 2 aliphatic rings. The molecule has 0 radical (unpaired) electrons. The number of para-hydroxylation sites is 1. The van der Waals surface area contributed by atoms with Gasteiger partial charge >= 0.3 is 0 Å². The lowest BCUT2D eigenvalue weighted by Gasteiger charge is -2.32. The van der Waals surface area contributed by atoms with Crippen LogP contribution in [0.25, 0.3) is 0 Å². The van der Waals surface area contributed by atoms with Crippen LogP contribution in [0, 0.1) is 11.8 Å². The predicted octanol–water partition coefficient (Wildman–Crippen LogP) is 5.75. The Morgan fingerprint density at radius 1 is 0.943 bits per heavy atom. The summed E-state index contributed by atoms with van der Waals surface area (Å²) in [5.41, 5.74) is 3.26. The number of fused-ring (bicyclic) bond motifs is 1. The first-order valence-corrected chi connectivity index (χ1v) is 13.4. The van der Waals surface area contributed by atoms with Gasteiger partial charge in [-0.25, -0.2) is 0 Å². The highest BCUT2D eigenvalue weighted by atomic mass is 35.5. The minimum atomic E-state index is 0.153. The fraction of sp³-hybridized carbons (Fsp3) is 0.517. The Hall–Kier alpha value is -2.37. The second-order valence-corrected chi connectivity index (χ2v) is 10.9. The van der Waals surface area contributed by atoms with Crippen molar-refractivity contribution in [2.24, 2.45) is 11.8 Å². The highest BCUT2D eigenvalue weighted by Crippen LogP contribution is 2.34. The highest BCUT2D eigenvalue weighted by Gasteiger charge is 2.35. The molecule has 1 saturated carbocycles. The summed E-state index contributed by atoms with van der Waals surface area (Å²) in [4.78, 5) is 33.0. The SMILES string of the molecule is CC(C)CC(=O)N1CCCN(Cc2ccc(Cl)cc2)CCCN(C(=O)C2CC2)c2ccccc2C1. The van der Waals surface area contributed by atoms with Crippen molar-refractivity contribution in [1.82, 2.24) is 9.80 Å². The van der Waals surface area contributed by atoms with Gasteiger partial charge in [0.15, 0.2) is 0 Å². The van der Waals surface area contributed by atoms with E-state index in [1.165, 1.54) is 5.56 Å². The van der Waals surface area contributed by atoms with Crippen LogP contribution in [-0.4, -0.2) is 47.8 Å². The third-order valence-corrected chi connectivity index (χ3v) is 7.10. The van der Waals surface area contributed by atoms with Crippen LogP contribution in [0.5, 0.6) is 0 Å². The molecule has 1 aliphatic carbocycles. The van der Waals surface area contributed by atoms with Gasteiger partial charge in [-0.15, -0.1) is 0 Å². The molecular formula is C29H38ClN3O2. The Morgan fingerprint density at radius 2 is 1.63 bits per heavy atom. The summed E-state index contributed by atoms with van der Waals surface area (Å²) in [5.74, 6) is 0.892. The molecule has 2 aromatic carbocycles. The number of nitrogens with zero attached hydrogens (tertiary/aromatic N) is 3. The molecule has 0 spiro atoms. The summed E-state index contributed by atoms with van der Waals surface area (Å²) in [7, 11) is 0. The van der Waals surface area contributed by atoms with E-state index in [9.17, 15) is 9.59 Å². The van der Waals surface area contributed by atoms with Crippen molar-refractivity contribution in [3.63, 3.8) is 0 Å². The van der Waals surface area contributed by atoms with E-state index >= 15 is 0 Å². The Balaban J connectivity index is 1.59. The molecule has 0 saturated heterocycles. The fourth-order valence-corrected chi connectivity index (χ4v) is 4.97. The number of benzene rings is 2. The number of carbonyl (C=O) groups is 2. The minimum Gasteiger partial charge on any atom is -0.338 e. The zero-order chi connectivity index (χ0) is 24.8. The molecule has 35 heavy (non-hydrogen) atoms. The number of hydrogen-bond donors (Lipinski definition) is 0. The van der Waals surface area contributed by atoms with Gasteiger partial charge in [0.2, 0.25) is 11.8 Å². The summed E-state index contributed by atoms with van der Waals surface area (Å²) < 4.78 is 0. The van der Waals surface area contributed by atoms with Gasteiger partial charge in [-0.2, -0.15) is 0 Å². The lowest BCUT2D eigenvalue weighted by Crippen LogP contribution is -2.39. The summed E-state index contributed by atoms with van der Waals surface area (Å²) in [6.45, 7) is 8.79. The first-order valence-electron chi connectivity index (χ1n) is 13.0. The van der Waals surface area contributed by atoms with Crippen molar-refractivity contribution in [2.75, 3.05) is 31.1 Å². The third kappa shape index (κ3) is 7.31. The number of anilines is 1. The largest absolute Gasteiger partial charge is 0.338 e. The topological polar surface area (TPSA) is 43.9 Å². The number of halogens is 1. The maximum absolute atomic E-state index is 13.3. The van der Waals surface area contributed by atoms with E-state index < -0.39 is 0 Å². The number of rotatable bonds is 5. The Labute approximate surface area is 215 Å². The third-order valence-electron chi connectivity index (χ3n) is 6.85. The summed E-state index contributed by atoms with van der Waals surface area (Å²) in [5, 5.41) is 0.745. The van der Waals surface area contributed by atoms with Crippen LogP contribution in [0.3, 0.4) is 0 Å². The van der Waals surface area contributed by atoms with Gasteiger partial charge in [-0.1, -0.05) is 55.8 Å². The summed E-state index contributed by atoms with van der Waals surface area (Å²) in [6.07, 6.45) is 4.35. The predicted molar refractivity (Wildman–Crippen MR) is 142 cm³/mol. The van der Waals surface area contributed by atoms with Crippen molar-refractivity contribution in [1.29, 1.82) is 0 Å². The first kappa shape index (κ1) is 25.7. The molecule has 2 amide bonds. The molecule has 0 bridgehead atoms. The van der Waals surface area contributed by atoms with Crippen molar-refractivity contribution in [2.45, 2.75) is 59.0 Å². The zero-order valence-electron chi connectivity index (χ0n) is 21.1. The van der Waals surface area contributed by atoms with E-state index in [0.717, 1.165) is 61.6 Å². The summed E-state index contributed by atoms with van der Waals surface area (Å²) in [6, 6.07) is 16.2. The van der Waals surface area contributed by atoms with Crippen LogP contribution in [0.15, 0.2) is 48.5 Å². The van der Waals surface area contributed by atoms with Crippen LogP contribution < -0.4 is 4.90 Å². The maximum Gasteiger partial charge on any atom is 0.230 e. The molecule has 0 aromatic heterocycles. The van der Waals surface area contributed by atoms with E-state index in [0.29, 0.717) is 32.0 Å². The molecule has 0 atom stereocenters. The normalized spacial score (nSPS) is 18.1. The molecule has 0 N–H and O–H groups in total. The van der Waals surface area contributed by atoms with E-state index in [4.69, 9.17) is 11.6 Å². The average molecular weight is 496 g/mol. The number of hydrogen-bond acceptors (Lipinski definition) is 3. The van der Waals surface area contributed by atoms with Gasteiger partial charge in [0.25, 0.3) is 0 Å². The molecular weight excluding hydrogens is 458 g/mol. The quantitative estimate of drug-likeness (QED) is 0.530. The zero-order valence-corrected chi connectivity index (χ0v) is 21.8. The number of carbonyl (C=O) groups excluding carboxylic acids is 2. The maximum atomic E-state index is 13.3. The molecule has 0 unspecified atom stereocenters. The Kier molecular flexibility index (Phi) is 8.85. The second kappa shape index (κ2) is 12.0. The van der Waals surface area contributed by atoms with Crippen LogP contribution in [0.4, 0.5) is 5.69 Å². The van der Waals surface area contributed by atoms with Gasteiger partial charge in [-0.05, 0) is 60.9 Å². The molecule has 188 valence electrons. The van der Waals surface area contributed by atoms with Crippen molar-refractivity contribution in [3.8, 4) is 0 Å². The molecule has 4 rings (SSSR count). The minimum absolute atomic E-state index is 0.153. The Bertz CT molecular complexity index is 1000. The van der Waals surface area contributed by atoms with Crippen LogP contribution >= 0.6 is 11.6 Å². The fourth-order valence-electron chi connectivity index (χ4n) is 4.84. The first-order chi connectivity index (χ1) is 16.9.